The van der Waals surface area contributed by atoms with E-state index in [1.807, 2.05) is 25.1 Å². The fourth-order valence-corrected chi connectivity index (χ4v) is 5.55. The molecule has 1 saturated heterocycles. The number of carbonyl (C=O) groups excluding carboxylic acids is 2. The van der Waals surface area contributed by atoms with E-state index in [1.165, 1.54) is 40.5 Å². The number of rotatable bonds is 3. The second-order valence-corrected chi connectivity index (χ2v) is 9.56. The summed E-state index contributed by atoms with van der Waals surface area (Å²) in [5, 5.41) is 11.6. The molecule has 0 radical (unpaired) electrons. The van der Waals surface area contributed by atoms with Gasteiger partial charge >= 0.3 is 5.91 Å². The van der Waals surface area contributed by atoms with Gasteiger partial charge in [-0.05, 0) is 60.5 Å². The zero-order chi connectivity index (χ0) is 25.0. The number of aryl methyl sites for hydroxylation is 1. The first-order valence-corrected chi connectivity index (χ1v) is 12.1. The number of halogens is 1. The highest BCUT2D eigenvalue weighted by atomic mass is 32.1. The maximum atomic E-state index is 13.8. The number of carbonyl (C=O) groups is 2. The molecule has 1 aromatic heterocycles. The Morgan fingerprint density at radius 1 is 1.03 bits per heavy atom. The molecule has 0 unspecified atom stereocenters. The smallest absolute Gasteiger partial charge is 0.301 e. The number of anilines is 1. The quantitative estimate of drug-likeness (QED) is 0.237. The predicted molar refractivity (Wildman–Crippen MR) is 133 cm³/mol. The number of fused-ring (bicyclic) bond motifs is 2. The second kappa shape index (κ2) is 8.46. The molecule has 1 N–H and O–H groups in total. The molecule has 0 aliphatic carbocycles. The van der Waals surface area contributed by atoms with Crippen molar-refractivity contribution in [2.45, 2.75) is 13.0 Å². The van der Waals surface area contributed by atoms with E-state index in [4.69, 9.17) is 9.47 Å². The van der Waals surface area contributed by atoms with Crippen molar-refractivity contribution in [3.63, 3.8) is 0 Å². The number of ketones is 1. The lowest BCUT2D eigenvalue weighted by Gasteiger charge is -2.23. The maximum Gasteiger partial charge on any atom is 0.301 e. The number of aliphatic hydroxyl groups excluding tert-OH is 1. The molecule has 3 heterocycles. The van der Waals surface area contributed by atoms with Crippen molar-refractivity contribution < 1.29 is 28.6 Å². The number of hydrogen-bond donors (Lipinski definition) is 1. The van der Waals surface area contributed by atoms with Gasteiger partial charge in [-0.1, -0.05) is 29.5 Å². The minimum absolute atomic E-state index is 0.112. The molecule has 1 atom stereocenters. The van der Waals surface area contributed by atoms with Gasteiger partial charge in [0, 0.05) is 5.56 Å². The molecule has 0 saturated carbocycles. The second-order valence-electron chi connectivity index (χ2n) is 8.55. The van der Waals surface area contributed by atoms with Crippen molar-refractivity contribution in [2.24, 2.45) is 0 Å². The molecule has 9 heteroatoms. The SMILES string of the molecule is Cc1ccc2nc(N3C(=O)C(=O)C(=C(O)c4ccc5c(c4)OCCO5)[C@@H]3c3ccc(F)cc3)sc2c1. The zero-order valence-corrected chi connectivity index (χ0v) is 19.8. The van der Waals surface area contributed by atoms with Gasteiger partial charge in [-0.2, -0.15) is 0 Å². The van der Waals surface area contributed by atoms with Crippen LogP contribution in [0, 0.1) is 12.7 Å². The van der Waals surface area contributed by atoms with E-state index in [9.17, 15) is 19.1 Å². The van der Waals surface area contributed by atoms with E-state index in [0.717, 1.165) is 10.3 Å². The number of nitrogens with zero attached hydrogens (tertiary/aromatic N) is 2. The Bertz CT molecular complexity index is 1580. The summed E-state index contributed by atoms with van der Waals surface area (Å²) in [7, 11) is 0. The summed E-state index contributed by atoms with van der Waals surface area (Å²) in [5.74, 6) is -1.54. The predicted octanol–water partition coefficient (Wildman–Crippen LogP) is 5.14. The van der Waals surface area contributed by atoms with E-state index < -0.39 is 23.5 Å². The van der Waals surface area contributed by atoms with Crippen molar-refractivity contribution in [3.8, 4) is 11.5 Å². The summed E-state index contributed by atoms with van der Waals surface area (Å²) in [5.41, 5.74) is 2.37. The number of aromatic nitrogens is 1. The summed E-state index contributed by atoms with van der Waals surface area (Å²) in [4.78, 5) is 32.6. The number of amides is 1. The Hall–Kier alpha value is -4.24. The molecule has 2 aliphatic heterocycles. The molecule has 3 aromatic carbocycles. The third-order valence-electron chi connectivity index (χ3n) is 6.18. The van der Waals surface area contributed by atoms with Crippen LogP contribution in [-0.4, -0.2) is 35.0 Å². The van der Waals surface area contributed by atoms with Crippen molar-refractivity contribution >= 4 is 44.1 Å². The lowest BCUT2D eigenvalue weighted by Crippen LogP contribution is -2.29. The topological polar surface area (TPSA) is 89.0 Å². The van der Waals surface area contributed by atoms with Crippen LogP contribution in [0.2, 0.25) is 0 Å². The van der Waals surface area contributed by atoms with Gasteiger partial charge in [-0.15, -0.1) is 0 Å². The number of Topliss-reactive ketones (excluding diaryl/α,β-unsaturated/α-hetero) is 1. The Balaban J connectivity index is 1.54. The van der Waals surface area contributed by atoms with Gasteiger partial charge in [0.15, 0.2) is 16.6 Å². The first-order chi connectivity index (χ1) is 17.4. The van der Waals surface area contributed by atoms with Crippen LogP contribution in [0.4, 0.5) is 9.52 Å². The Kier molecular flexibility index (Phi) is 5.22. The molecule has 180 valence electrons. The third-order valence-corrected chi connectivity index (χ3v) is 7.20. The summed E-state index contributed by atoms with van der Waals surface area (Å²) in [6, 6.07) is 15.0. The highest BCUT2D eigenvalue weighted by Crippen LogP contribution is 2.45. The summed E-state index contributed by atoms with van der Waals surface area (Å²) >= 11 is 1.27. The number of aliphatic hydroxyl groups is 1. The molecule has 1 fully saturated rings. The molecule has 0 bridgehead atoms. The van der Waals surface area contributed by atoms with Crippen LogP contribution in [0.15, 0.2) is 66.2 Å². The Morgan fingerprint density at radius 3 is 2.56 bits per heavy atom. The standard InChI is InChI=1S/C27H19FN2O5S/c1-14-2-8-18-21(12-14)36-27(29-18)30-23(15-3-6-17(28)7-4-15)22(25(32)26(30)33)24(31)16-5-9-19-20(13-16)35-11-10-34-19/h2-9,12-13,23,31H,10-11H2,1H3/t23-/m0/s1. The monoisotopic (exact) mass is 502 g/mol. The number of ether oxygens (including phenoxy) is 2. The van der Waals surface area contributed by atoms with E-state index >= 15 is 0 Å². The van der Waals surface area contributed by atoms with E-state index in [0.29, 0.717) is 46.5 Å². The van der Waals surface area contributed by atoms with Crippen LogP contribution < -0.4 is 14.4 Å². The van der Waals surface area contributed by atoms with Gasteiger partial charge in [0.2, 0.25) is 0 Å². The minimum atomic E-state index is -1.000. The molecule has 7 nitrogen and oxygen atoms in total. The average molecular weight is 503 g/mol. The molecule has 6 rings (SSSR count). The van der Waals surface area contributed by atoms with Gasteiger partial charge in [-0.25, -0.2) is 9.37 Å². The number of thiazole rings is 1. The Morgan fingerprint density at radius 2 is 1.78 bits per heavy atom. The van der Waals surface area contributed by atoms with Crippen LogP contribution in [-0.2, 0) is 9.59 Å². The van der Waals surface area contributed by atoms with Gasteiger partial charge in [0.05, 0.1) is 21.8 Å². The van der Waals surface area contributed by atoms with Gasteiger partial charge in [0.25, 0.3) is 5.78 Å². The molecular formula is C27H19FN2O5S. The molecule has 1 amide bonds. The van der Waals surface area contributed by atoms with E-state index in [1.54, 1.807) is 18.2 Å². The lowest BCUT2D eigenvalue weighted by molar-refractivity contribution is -0.132. The summed E-state index contributed by atoms with van der Waals surface area (Å²) in [6.45, 7) is 2.72. The third kappa shape index (κ3) is 3.59. The largest absolute Gasteiger partial charge is 0.507 e. The molecule has 2 aliphatic rings. The highest BCUT2D eigenvalue weighted by molar-refractivity contribution is 7.22. The van der Waals surface area contributed by atoms with Crippen molar-refractivity contribution in [2.75, 3.05) is 18.1 Å². The molecule has 0 spiro atoms. The minimum Gasteiger partial charge on any atom is -0.507 e. The molecule has 36 heavy (non-hydrogen) atoms. The fourth-order valence-electron chi connectivity index (χ4n) is 4.46. The number of hydrogen-bond acceptors (Lipinski definition) is 7. The first kappa shape index (κ1) is 22.2. The van der Waals surface area contributed by atoms with Crippen LogP contribution in [0.3, 0.4) is 0 Å². The first-order valence-electron chi connectivity index (χ1n) is 11.2. The number of benzene rings is 3. The fraction of sp³-hybridized carbons (Fsp3) is 0.148. The van der Waals surface area contributed by atoms with Crippen LogP contribution >= 0.6 is 11.3 Å². The Labute approximate surface area is 209 Å². The summed E-state index contributed by atoms with van der Waals surface area (Å²) < 4.78 is 25.8. The van der Waals surface area contributed by atoms with E-state index in [2.05, 4.69) is 4.98 Å². The van der Waals surface area contributed by atoms with Gasteiger partial charge in [0.1, 0.15) is 24.8 Å². The van der Waals surface area contributed by atoms with Crippen LogP contribution in [0.5, 0.6) is 11.5 Å². The average Bonchev–Trinajstić information content (AvgIpc) is 3.41. The normalized spacial score (nSPS) is 18.7. The van der Waals surface area contributed by atoms with Gasteiger partial charge < -0.3 is 14.6 Å². The van der Waals surface area contributed by atoms with Crippen LogP contribution in [0.25, 0.3) is 16.0 Å². The van der Waals surface area contributed by atoms with E-state index in [-0.39, 0.29) is 11.3 Å². The van der Waals surface area contributed by atoms with Crippen LogP contribution in [0.1, 0.15) is 22.7 Å². The highest BCUT2D eigenvalue weighted by Gasteiger charge is 2.48. The summed E-state index contributed by atoms with van der Waals surface area (Å²) in [6.07, 6.45) is 0. The van der Waals surface area contributed by atoms with Crippen molar-refractivity contribution in [1.82, 2.24) is 4.98 Å². The molecule has 4 aromatic rings. The van der Waals surface area contributed by atoms with Gasteiger partial charge in [-0.3, -0.25) is 14.5 Å². The van der Waals surface area contributed by atoms with Crippen molar-refractivity contribution in [3.05, 3.63) is 88.7 Å². The maximum absolute atomic E-state index is 13.8. The zero-order valence-electron chi connectivity index (χ0n) is 19.0. The molecular weight excluding hydrogens is 483 g/mol. The van der Waals surface area contributed by atoms with Crippen molar-refractivity contribution in [1.29, 1.82) is 0 Å². The lowest BCUT2D eigenvalue weighted by atomic mass is 9.95.